The van der Waals surface area contributed by atoms with Gasteiger partial charge < -0.3 is 15.2 Å². The van der Waals surface area contributed by atoms with Crippen LogP contribution in [0.3, 0.4) is 0 Å². The molecule has 1 saturated heterocycles. The van der Waals surface area contributed by atoms with Gasteiger partial charge in [0.1, 0.15) is 11.6 Å². The summed E-state index contributed by atoms with van der Waals surface area (Å²) in [6.07, 6.45) is 5.48. The number of carbonyl (C=O) groups excluding carboxylic acids is 1. The lowest BCUT2D eigenvalue weighted by Crippen LogP contribution is -2.38. The third-order valence-corrected chi connectivity index (χ3v) is 4.27. The Morgan fingerprint density at radius 3 is 3.00 bits per heavy atom. The number of anilines is 2. The van der Waals surface area contributed by atoms with Crippen molar-refractivity contribution in [3.63, 3.8) is 0 Å². The lowest BCUT2D eigenvalue weighted by Gasteiger charge is -2.27. The molecule has 3 heterocycles. The maximum absolute atomic E-state index is 12.3. The highest BCUT2D eigenvalue weighted by Gasteiger charge is 2.34. The topological polar surface area (TPSA) is 90.6 Å². The normalized spacial score (nSPS) is 20.7. The molecule has 0 radical (unpaired) electrons. The van der Waals surface area contributed by atoms with Crippen molar-refractivity contribution in [2.75, 3.05) is 30.4 Å². The van der Waals surface area contributed by atoms with Gasteiger partial charge in [-0.15, -0.1) is 0 Å². The van der Waals surface area contributed by atoms with Gasteiger partial charge in [-0.05, 0) is 25.7 Å². The van der Waals surface area contributed by atoms with E-state index in [1.807, 2.05) is 0 Å². The summed E-state index contributed by atoms with van der Waals surface area (Å²) >= 11 is 0. The van der Waals surface area contributed by atoms with Crippen molar-refractivity contribution < 1.29 is 14.3 Å². The summed E-state index contributed by atoms with van der Waals surface area (Å²) in [5.74, 6) is 0.922. The minimum Gasteiger partial charge on any atom is -0.463 e. The van der Waals surface area contributed by atoms with E-state index in [0.29, 0.717) is 30.4 Å². The molecule has 126 valence electrons. The quantitative estimate of drug-likeness (QED) is 0.802. The Morgan fingerprint density at radius 2 is 2.26 bits per heavy atom. The Morgan fingerprint density at radius 1 is 1.39 bits per heavy atom. The Hall–Kier alpha value is -1.89. The molecule has 1 atom stereocenters. The van der Waals surface area contributed by atoms with E-state index < -0.39 is 0 Å². The number of fused-ring (bicyclic) bond motifs is 1. The summed E-state index contributed by atoms with van der Waals surface area (Å²) in [5, 5.41) is 0. The number of rotatable bonds is 6. The second-order valence-electron chi connectivity index (χ2n) is 6.07. The Labute approximate surface area is 136 Å². The molecule has 1 fully saturated rings. The number of ether oxygens (including phenoxy) is 2. The molecular formula is C16H24N4O3. The van der Waals surface area contributed by atoms with Crippen LogP contribution in [0.5, 0.6) is 6.01 Å². The largest absolute Gasteiger partial charge is 0.463 e. The molecule has 1 aromatic rings. The summed E-state index contributed by atoms with van der Waals surface area (Å²) < 4.78 is 11.3. The predicted molar refractivity (Wildman–Crippen MR) is 86.5 cm³/mol. The maximum atomic E-state index is 12.3. The van der Waals surface area contributed by atoms with Crippen LogP contribution >= 0.6 is 0 Å². The van der Waals surface area contributed by atoms with Gasteiger partial charge in [0.05, 0.1) is 25.7 Å². The molecule has 0 aliphatic carbocycles. The van der Waals surface area contributed by atoms with Gasteiger partial charge in [-0.3, -0.25) is 9.69 Å². The molecule has 7 nitrogen and oxygen atoms in total. The average Bonchev–Trinajstić information content (AvgIpc) is 2.86. The molecule has 7 heteroatoms. The molecular weight excluding hydrogens is 296 g/mol. The summed E-state index contributed by atoms with van der Waals surface area (Å²) in [7, 11) is 0. The third-order valence-electron chi connectivity index (χ3n) is 4.27. The van der Waals surface area contributed by atoms with E-state index in [2.05, 4.69) is 16.9 Å². The molecule has 0 aromatic carbocycles. The first-order chi connectivity index (χ1) is 11.2. The predicted octanol–water partition coefficient (Wildman–Crippen LogP) is 1.70. The van der Waals surface area contributed by atoms with E-state index in [9.17, 15) is 4.79 Å². The van der Waals surface area contributed by atoms with Crippen LogP contribution in [-0.4, -0.2) is 41.7 Å². The van der Waals surface area contributed by atoms with E-state index in [4.69, 9.17) is 15.2 Å². The number of unbranched alkanes of at least 4 members (excludes halogenated alkanes) is 1. The van der Waals surface area contributed by atoms with Crippen LogP contribution in [0.2, 0.25) is 0 Å². The fourth-order valence-electron chi connectivity index (χ4n) is 2.94. The minimum atomic E-state index is 0.000816. The van der Waals surface area contributed by atoms with Gasteiger partial charge in [-0.25, -0.2) is 0 Å². The van der Waals surface area contributed by atoms with E-state index in [-0.39, 0.29) is 24.4 Å². The van der Waals surface area contributed by atoms with Gasteiger partial charge >= 0.3 is 6.01 Å². The average molecular weight is 320 g/mol. The van der Waals surface area contributed by atoms with Crippen LogP contribution in [0.25, 0.3) is 0 Å². The van der Waals surface area contributed by atoms with E-state index >= 15 is 0 Å². The first kappa shape index (κ1) is 16.0. The van der Waals surface area contributed by atoms with Crippen LogP contribution in [0, 0.1) is 0 Å². The van der Waals surface area contributed by atoms with Crippen LogP contribution in [0.4, 0.5) is 11.6 Å². The number of nitrogen functional groups attached to an aromatic ring is 1. The molecule has 0 spiro atoms. The van der Waals surface area contributed by atoms with Crippen molar-refractivity contribution in [1.29, 1.82) is 0 Å². The first-order valence-corrected chi connectivity index (χ1v) is 8.40. The van der Waals surface area contributed by atoms with E-state index in [1.54, 1.807) is 4.90 Å². The molecule has 1 aromatic heterocycles. The third kappa shape index (κ3) is 3.55. The summed E-state index contributed by atoms with van der Waals surface area (Å²) in [6, 6.07) is 0.249. The highest BCUT2D eigenvalue weighted by Crippen LogP contribution is 2.33. The van der Waals surface area contributed by atoms with Crippen molar-refractivity contribution in [1.82, 2.24) is 9.97 Å². The number of aromatic nitrogens is 2. The summed E-state index contributed by atoms with van der Waals surface area (Å²) in [6.45, 7) is 3.92. The zero-order valence-electron chi connectivity index (χ0n) is 13.6. The van der Waals surface area contributed by atoms with Gasteiger partial charge in [0.25, 0.3) is 0 Å². The Kier molecular flexibility index (Phi) is 4.95. The second kappa shape index (κ2) is 7.12. The number of hydrogen-bond acceptors (Lipinski definition) is 6. The number of nitrogens with two attached hydrogens (primary N) is 1. The molecule has 0 bridgehead atoms. The number of carbonyl (C=O) groups is 1. The second-order valence-corrected chi connectivity index (χ2v) is 6.07. The van der Waals surface area contributed by atoms with E-state index in [0.717, 1.165) is 38.7 Å². The molecule has 23 heavy (non-hydrogen) atoms. The van der Waals surface area contributed by atoms with Gasteiger partial charge in [0.15, 0.2) is 0 Å². The first-order valence-electron chi connectivity index (χ1n) is 8.40. The standard InChI is InChI=1S/C16H24N4O3/c1-2-3-7-23-16-18-14(17)12-9-13(21)20(15(12)19-16)10-11-6-4-5-8-22-11/h11H,2-10H2,1H3,(H2,17,18,19). The lowest BCUT2D eigenvalue weighted by molar-refractivity contribution is -0.118. The Balaban J connectivity index is 1.77. The molecule has 0 saturated carbocycles. The summed E-state index contributed by atoms with van der Waals surface area (Å²) in [4.78, 5) is 22.6. The van der Waals surface area contributed by atoms with Crippen LogP contribution in [0.15, 0.2) is 0 Å². The number of amides is 1. The number of nitrogens with zero attached hydrogens (tertiary/aromatic N) is 3. The van der Waals surface area contributed by atoms with Crippen molar-refractivity contribution >= 4 is 17.5 Å². The maximum Gasteiger partial charge on any atom is 0.320 e. The van der Waals surface area contributed by atoms with Crippen LogP contribution in [0.1, 0.15) is 44.6 Å². The molecule has 3 rings (SSSR count). The highest BCUT2D eigenvalue weighted by molar-refractivity contribution is 6.01. The molecule has 1 amide bonds. The van der Waals surface area contributed by atoms with Crippen molar-refractivity contribution in [2.45, 2.75) is 51.6 Å². The molecule has 2 aliphatic rings. The lowest BCUT2D eigenvalue weighted by atomic mass is 10.1. The SMILES string of the molecule is CCCCOc1nc(N)c2c(n1)N(CC1CCCCO1)C(=O)C2. The molecule has 2 N–H and O–H groups in total. The van der Waals surface area contributed by atoms with Gasteiger partial charge in [0.2, 0.25) is 5.91 Å². The van der Waals surface area contributed by atoms with Crippen molar-refractivity contribution in [3.05, 3.63) is 5.56 Å². The van der Waals surface area contributed by atoms with Crippen molar-refractivity contribution in [2.24, 2.45) is 0 Å². The zero-order valence-corrected chi connectivity index (χ0v) is 13.6. The summed E-state index contributed by atoms with van der Waals surface area (Å²) in [5.41, 5.74) is 6.70. The highest BCUT2D eigenvalue weighted by atomic mass is 16.5. The van der Waals surface area contributed by atoms with Gasteiger partial charge in [-0.2, -0.15) is 9.97 Å². The monoisotopic (exact) mass is 320 g/mol. The Bertz CT molecular complexity index is 573. The fourth-order valence-corrected chi connectivity index (χ4v) is 2.94. The van der Waals surface area contributed by atoms with Crippen LogP contribution in [-0.2, 0) is 16.0 Å². The van der Waals surface area contributed by atoms with Gasteiger partial charge in [0, 0.05) is 12.2 Å². The minimum absolute atomic E-state index is 0.000816. The van der Waals surface area contributed by atoms with Crippen molar-refractivity contribution in [3.8, 4) is 6.01 Å². The fraction of sp³-hybridized carbons (Fsp3) is 0.688. The molecule has 2 aliphatic heterocycles. The zero-order chi connectivity index (χ0) is 16.2. The van der Waals surface area contributed by atoms with Crippen LogP contribution < -0.4 is 15.4 Å². The van der Waals surface area contributed by atoms with E-state index in [1.165, 1.54) is 0 Å². The smallest absolute Gasteiger partial charge is 0.320 e. The van der Waals surface area contributed by atoms with Gasteiger partial charge in [-0.1, -0.05) is 13.3 Å². The molecule has 1 unspecified atom stereocenters. The number of hydrogen-bond donors (Lipinski definition) is 1.